The minimum atomic E-state index is 0.326. The summed E-state index contributed by atoms with van der Waals surface area (Å²) >= 11 is 0. The number of hydrogen-bond donors (Lipinski definition) is 0. The molecular formula is C11H10N6. The third-order valence-electron chi connectivity index (χ3n) is 2.86. The molecule has 1 saturated heterocycles. The van der Waals surface area contributed by atoms with Crippen LogP contribution in [0, 0.1) is 11.3 Å². The Hall–Kier alpha value is -2.42. The lowest BCUT2D eigenvalue weighted by atomic mass is 10.1. The number of anilines is 1. The second-order valence-electron chi connectivity index (χ2n) is 3.95. The van der Waals surface area contributed by atoms with Gasteiger partial charge in [0, 0.05) is 25.5 Å². The summed E-state index contributed by atoms with van der Waals surface area (Å²) in [6, 6.07) is 4.29. The molecular weight excluding hydrogens is 216 g/mol. The van der Waals surface area contributed by atoms with Crippen LogP contribution in [0.4, 0.5) is 5.82 Å². The van der Waals surface area contributed by atoms with Gasteiger partial charge in [0.2, 0.25) is 0 Å². The maximum Gasteiger partial charge on any atom is 0.132 e. The van der Waals surface area contributed by atoms with Crippen LogP contribution in [0.3, 0.4) is 0 Å². The molecule has 0 saturated carbocycles. The summed E-state index contributed by atoms with van der Waals surface area (Å²) in [6.45, 7) is 1.73. The molecule has 0 spiro atoms. The molecule has 1 aliphatic rings. The van der Waals surface area contributed by atoms with Crippen LogP contribution in [0.2, 0.25) is 0 Å². The maximum absolute atomic E-state index is 8.72. The van der Waals surface area contributed by atoms with E-state index in [1.54, 1.807) is 24.9 Å². The van der Waals surface area contributed by atoms with Crippen molar-refractivity contribution in [3.63, 3.8) is 0 Å². The molecule has 0 unspecified atom stereocenters. The Morgan fingerprint density at radius 3 is 2.94 bits per heavy atom. The third kappa shape index (κ3) is 1.72. The SMILES string of the molecule is N#Cc1cnn(C2CN(c3ccncn3)C2)c1. The first-order valence-corrected chi connectivity index (χ1v) is 5.32. The summed E-state index contributed by atoms with van der Waals surface area (Å²) in [5, 5.41) is 12.9. The summed E-state index contributed by atoms with van der Waals surface area (Å²) in [6.07, 6.45) is 6.65. The average Bonchev–Trinajstić information content (AvgIpc) is 2.77. The molecule has 3 heterocycles. The van der Waals surface area contributed by atoms with Crippen LogP contribution in [-0.4, -0.2) is 32.8 Å². The van der Waals surface area contributed by atoms with Gasteiger partial charge in [0.05, 0.1) is 17.8 Å². The largest absolute Gasteiger partial charge is 0.352 e. The third-order valence-corrected chi connectivity index (χ3v) is 2.86. The first-order valence-electron chi connectivity index (χ1n) is 5.32. The first-order chi connectivity index (χ1) is 8.36. The van der Waals surface area contributed by atoms with Gasteiger partial charge in [0.25, 0.3) is 0 Å². The van der Waals surface area contributed by atoms with Crippen molar-refractivity contribution in [2.45, 2.75) is 6.04 Å². The van der Waals surface area contributed by atoms with E-state index in [-0.39, 0.29) is 0 Å². The molecule has 2 aromatic heterocycles. The van der Waals surface area contributed by atoms with Crippen LogP contribution in [0.25, 0.3) is 0 Å². The average molecular weight is 226 g/mol. The van der Waals surface area contributed by atoms with E-state index in [2.05, 4.69) is 26.0 Å². The topological polar surface area (TPSA) is 70.6 Å². The van der Waals surface area contributed by atoms with Gasteiger partial charge in [-0.15, -0.1) is 0 Å². The van der Waals surface area contributed by atoms with Crippen LogP contribution < -0.4 is 4.90 Å². The molecule has 1 aliphatic heterocycles. The van der Waals surface area contributed by atoms with Gasteiger partial charge in [-0.25, -0.2) is 9.97 Å². The van der Waals surface area contributed by atoms with Crippen molar-refractivity contribution in [1.29, 1.82) is 5.26 Å². The van der Waals surface area contributed by atoms with Gasteiger partial charge in [-0.2, -0.15) is 10.4 Å². The minimum absolute atomic E-state index is 0.326. The Balaban J connectivity index is 1.67. The zero-order valence-electron chi connectivity index (χ0n) is 9.06. The Bertz CT molecular complexity index is 549. The fourth-order valence-electron chi connectivity index (χ4n) is 1.88. The monoisotopic (exact) mass is 226 g/mol. The van der Waals surface area contributed by atoms with Crippen molar-refractivity contribution < 1.29 is 0 Å². The Kier molecular flexibility index (Phi) is 2.22. The summed E-state index contributed by atoms with van der Waals surface area (Å²) in [5.41, 5.74) is 0.602. The zero-order valence-corrected chi connectivity index (χ0v) is 9.06. The second kappa shape index (κ2) is 3.87. The second-order valence-corrected chi connectivity index (χ2v) is 3.95. The quantitative estimate of drug-likeness (QED) is 0.750. The van der Waals surface area contributed by atoms with Gasteiger partial charge in [-0.1, -0.05) is 0 Å². The molecule has 0 atom stereocenters. The Labute approximate surface area is 98.1 Å². The molecule has 0 aliphatic carbocycles. The van der Waals surface area contributed by atoms with E-state index in [9.17, 15) is 0 Å². The van der Waals surface area contributed by atoms with Crippen molar-refractivity contribution >= 4 is 5.82 Å². The zero-order chi connectivity index (χ0) is 11.7. The number of nitriles is 1. The van der Waals surface area contributed by atoms with E-state index < -0.39 is 0 Å². The number of nitrogens with zero attached hydrogens (tertiary/aromatic N) is 6. The van der Waals surface area contributed by atoms with Gasteiger partial charge in [-0.3, -0.25) is 4.68 Å². The van der Waals surface area contributed by atoms with Gasteiger partial charge in [0.15, 0.2) is 0 Å². The number of hydrogen-bond acceptors (Lipinski definition) is 5. The predicted molar refractivity (Wildman–Crippen MR) is 60.2 cm³/mol. The molecule has 84 valence electrons. The molecule has 3 rings (SSSR count). The lowest BCUT2D eigenvalue weighted by Crippen LogP contribution is -2.48. The molecule has 0 aromatic carbocycles. The summed E-state index contributed by atoms with van der Waals surface area (Å²) in [7, 11) is 0. The van der Waals surface area contributed by atoms with Crippen LogP contribution >= 0.6 is 0 Å². The lowest BCUT2D eigenvalue weighted by molar-refractivity contribution is 0.366. The first kappa shape index (κ1) is 9.78. The summed E-state index contributed by atoms with van der Waals surface area (Å²) < 4.78 is 1.84. The summed E-state index contributed by atoms with van der Waals surface area (Å²) in [5.74, 6) is 0.934. The standard InChI is InChI=1S/C11H10N6/c12-3-9-4-15-17(5-9)10-6-16(7-10)11-1-2-13-8-14-11/h1-2,4-5,8,10H,6-7H2. The van der Waals surface area contributed by atoms with Crippen LogP contribution in [0.15, 0.2) is 31.0 Å². The van der Waals surface area contributed by atoms with Crippen molar-refractivity contribution in [3.05, 3.63) is 36.5 Å². The Morgan fingerprint density at radius 2 is 2.29 bits per heavy atom. The highest BCUT2D eigenvalue weighted by Crippen LogP contribution is 2.25. The highest BCUT2D eigenvalue weighted by molar-refractivity contribution is 5.40. The highest BCUT2D eigenvalue weighted by Gasteiger charge is 2.29. The van der Waals surface area contributed by atoms with Crippen molar-refractivity contribution in [1.82, 2.24) is 19.7 Å². The molecule has 1 fully saturated rings. The molecule has 0 amide bonds. The Morgan fingerprint density at radius 1 is 1.41 bits per heavy atom. The smallest absolute Gasteiger partial charge is 0.132 e. The summed E-state index contributed by atoms with van der Waals surface area (Å²) in [4.78, 5) is 10.2. The van der Waals surface area contributed by atoms with Gasteiger partial charge in [-0.05, 0) is 6.07 Å². The number of rotatable bonds is 2. The minimum Gasteiger partial charge on any atom is -0.352 e. The van der Waals surface area contributed by atoms with Gasteiger partial charge >= 0.3 is 0 Å². The molecule has 0 N–H and O–H groups in total. The fraction of sp³-hybridized carbons (Fsp3) is 0.273. The number of aromatic nitrogens is 4. The lowest BCUT2D eigenvalue weighted by Gasteiger charge is -2.39. The van der Waals surface area contributed by atoms with Crippen molar-refractivity contribution in [2.75, 3.05) is 18.0 Å². The van der Waals surface area contributed by atoms with E-state index in [0.717, 1.165) is 18.9 Å². The molecule has 17 heavy (non-hydrogen) atoms. The van der Waals surface area contributed by atoms with Crippen molar-refractivity contribution in [2.24, 2.45) is 0 Å². The van der Waals surface area contributed by atoms with E-state index in [0.29, 0.717) is 11.6 Å². The van der Waals surface area contributed by atoms with E-state index >= 15 is 0 Å². The maximum atomic E-state index is 8.72. The molecule has 6 nitrogen and oxygen atoms in total. The van der Waals surface area contributed by atoms with E-state index in [1.807, 2.05) is 10.7 Å². The van der Waals surface area contributed by atoms with E-state index in [1.165, 1.54) is 0 Å². The van der Waals surface area contributed by atoms with Crippen LogP contribution in [0.1, 0.15) is 11.6 Å². The van der Waals surface area contributed by atoms with Gasteiger partial charge < -0.3 is 4.90 Å². The predicted octanol–water partition coefficient (Wildman–Crippen LogP) is 0.606. The molecule has 0 radical (unpaired) electrons. The normalized spacial score (nSPS) is 15.4. The van der Waals surface area contributed by atoms with Gasteiger partial charge in [0.1, 0.15) is 18.2 Å². The van der Waals surface area contributed by atoms with E-state index in [4.69, 9.17) is 5.26 Å². The molecule has 0 bridgehead atoms. The molecule has 2 aromatic rings. The molecule has 6 heteroatoms. The van der Waals surface area contributed by atoms with Crippen LogP contribution in [-0.2, 0) is 0 Å². The fourth-order valence-corrected chi connectivity index (χ4v) is 1.88. The van der Waals surface area contributed by atoms with Crippen LogP contribution in [0.5, 0.6) is 0 Å². The highest BCUT2D eigenvalue weighted by atomic mass is 15.4. The van der Waals surface area contributed by atoms with Crippen molar-refractivity contribution in [3.8, 4) is 6.07 Å².